The molecule has 0 spiro atoms. The first kappa shape index (κ1) is 24.4. The summed E-state index contributed by atoms with van der Waals surface area (Å²) >= 11 is 0. The summed E-state index contributed by atoms with van der Waals surface area (Å²) < 4.78 is 5.37. The van der Waals surface area contributed by atoms with Crippen molar-refractivity contribution < 1.29 is 4.74 Å². The maximum absolute atomic E-state index is 6.01. The topological polar surface area (TPSA) is 66.1 Å². The Bertz CT molecular complexity index is 581. The van der Waals surface area contributed by atoms with Crippen LogP contribution in [-0.2, 0) is 17.8 Å². The van der Waals surface area contributed by atoms with Gasteiger partial charge in [0.1, 0.15) is 0 Å². The van der Waals surface area contributed by atoms with Crippen LogP contribution in [-0.4, -0.2) is 68.2 Å². The molecule has 7 heteroatoms. The van der Waals surface area contributed by atoms with Crippen molar-refractivity contribution in [2.24, 2.45) is 10.7 Å². The Hall–Kier alpha value is -0.900. The Balaban J connectivity index is 0.00000300. The van der Waals surface area contributed by atoms with E-state index < -0.39 is 0 Å². The molecule has 1 aromatic rings. The Labute approximate surface area is 193 Å². The summed E-state index contributed by atoms with van der Waals surface area (Å²) in [6, 6.07) is 8.84. The van der Waals surface area contributed by atoms with Crippen LogP contribution in [0.4, 0.5) is 0 Å². The van der Waals surface area contributed by atoms with E-state index in [9.17, 15) is 0 Å². The number of guanidine groups is 1. The lowest BCUT2D eigenvalue weighted by molar-refractivity contribution is 0.0376. The lowest BCUT2D eigenvalue weighted by atomic mass is 10.1. The fourth-order valence-electron chi connectivity index (χ4n) is 3.88. The Morgan fingerprint density at radius 1 is 0.931 bits per heavy atom. The van der Waals surface area contributed by atoms with E-state index in [4.69, 9.17) is 10.5 Å². The average Bonchev–Trinajstić information content (AvgIpc) is 3.00. The lowest BCUT2D eigenvalue weighted by Crippen LogP contribution is -2.39. The molecule has 0 atom stereocenters. The molecule has 0 bridgehead atoms. The number of ether oxygens (including phenoxy) is 1. The lowest BCUT2D eigenvalue weighted by Gasteiger charge is -2.26. The van der Waals surface area contributed by atoms with E-state index in [1.807, 2.05) is 0 Å². The van der Waals surface area contributed by atoms with Crippen LogP contribution in [0.3, 0.4) is 0 Å². The Morgan fingerprint density at radius 3 is 2.28 bits per heavy atom. The van der Waals surface area contributed by atoms with Crippen LogP contribution in [0.25, 0.3) is 0 Å². The molecule has 0 radical (unpaired) electrons. The van der Waals surface area contributed by atoms with Gasteiger partial charge in [0.15, 0.2) is 5.96 Å². The molecule has 3 N–H and O–H groups in total. The molecule has 0 unspecified atom stereocenters. The number of nitrogens with two attached hydrogens (primary N) is 1. The van der Waals surface area contributed by atoms with Gasteiger partial charge >= 0.3 is 0 Å². The van der Waals surface area contributed by atoms with Gasteiger partial charge in [-0.15, -0.1) is 24.0 Å². The molecular formula is C22H38IN5O. The van der Waals surface area contributed by atoms with Crippen molar-refractivity contribution in [3.8, 4) is 0 Å². The molecule has 0 amide bonds. The largest absolute Gasteiger partial charge is 0.379 e. The summed E-state index contributed by atoms with van der Waals surface area (Å²) in [5.41, 5.74) is 8.61. The Morgan fingerprint density at radius 2 is 1.59 bits per heavy atom. The van der Waals surface area contributed by atoms with E-state index in [1.165, 1.54) is 49.9 Å². The molecule has 3 rings (SSSR count). The second kappa shape index (κ2) is 14.2. The van der Waals surface area contributed by atoms with E-state index >= 15 is 0 Å². The fourth-order valence-corrected chi connectivity index (χ4v) is 3.88. The molecule has 29 heavy (non-hydrogen) atoms. The van der Waals surface area contributed by atoms with Crippen molar-refractivity contribution >= 4 is 29.9 Å². The standard InChI is InChI=1S/C22H37N5O.HI/c23-22(24-10-5-13-26-14-16-28-17-15-26)25-18-20-6-8-21(9-7-20)19-27-11-3-1-2-4-12-27;/h6-9H,1-5,10-19H2,(H3,23,24,25);1H. The number of rotatable bonds is 8. The molecule has 2 heterocycles. The van der Waals surface area contributed by atoms with Gasteiger partial charge in [0.05, 0.1) is 19.8 Å². The van der Waals surface area contributed by atoms with E-state index in [0.717, 1.165) is 52.4 Å². The zero-order chi connectivity index (χ0) is 19.4. The van der Waals surface area contributed by atoms with Crippen LogP contribution in [0, 0.1) is 0 Å². The number of benzene rings is 1. The minimum atomic E-state index is 0. The highest BCUT2D eigenvalue weighted by atomic mass is 127. The quantitative estimate of drug-likeness (QED) is 0.241. The van der Waals surface area contributed by atoms with Crippen molar-refractivity contribution in [2.45, 2.75) is 45.2 Å². The highest BCUT2D eigenvalue weighted by Crippen LogP contribution is 2.14. The summed E-state index contributed by atoms with van der Waals surface area (Å²) in [6.07, 6.45) is 6.52. The summed E-state index contributed by atoms with van der Waals surface area (Å²) in [5, 5.41) is 3.23. The second-order valence-corrected chi connectivity index (χ2v) is 7.94. The molecule has 6 nitrogen and oxygen atoms in total. The number of nitrogens with zero attached hydrogens (tertiary/aromatic N) is 3. The van der Waals surface area contributed by atoms with Crippen molar-refractivity contribution in [1.29, 1.82) is 0 Å². The minimum Gasteiger partial charge on any atom is -0.379 e. The highest BCUT2D eigenvalue weighted by Gasteiger charge is 2.10. The van der Waals surface area contributed by atoms with E-state index in [2.05, 4.69) is 44.4 Å². The SMILES string of the molecule is I.NC(=NCc1ccc(CN2CCCCCC2)cc1)NCCCN1CCOCC1. The van der Waals surface area contributed by atoms with Crippen molar-refractivity contribution in [3.63, 3.8) is 0 Å². The number of morpholine rings is 1. The number of hydrogen-bond acceptors (Lipinski definition) is 4. The summed E-state index contributed by atoms with van der Waals surface area (Å²) in [5.74, 6) is 0.538. The third-order valence-electron chi connectivity index (χ3n) is 5.62. The maximum Gasteiger partial charge on any atom is 0.188 e. The zero-order valence-electron chi connectivity index (χ0n) is 17.7. The smallest absolute Gasteiger partial charge is 0.188 e. The first-order chi connectivity index (χ1) is 13.8. The van der Waals surface area contributed by atoms with Gasteiger partial charge in [-0.2, -0.15) is 0 Å². The summed E-state index contributed by atoms with van der Waals surface area (Å²) in [7, 11) is 0. The van der Waals surface area contributed by atoms with Crippen LogP contribution < -0.4 is 11.1 Å². The van der Waals surface area contributed by atoms with Gasteiger partial charge in [0, 0.05) is 26.2 Å². The molecule has 2 aliphatic rings. The molecular weight excluding hydrogens is 477 g/mol. The third kappa shape index (κ3) is 9.63. The number of likely N-dealkylation sites (tertiary alicyclic amines) is 1. The first-order valence-corrected chi connectivity index (χ1v) is 10.9. The zero-order valence-corrected chi connectivity index (χ0v) is 20.0. The monoisotopic (exact) mass is 515 g/mol. The van der Waals surface area contributed by atoms with Crippen molar-refractivity contribution in [3.05, 3.63) is 35.4 Å². The minimum absolute atomic E-state index is 0. The number of nitrogens with one attached hydrogen (secondary N) is 1. The second-order valence-electron chi connectivity index (χ2n) is 7.94. The summed E-state index contributed by atoms with van der Waals surface area (Å²) in [6.45, 7) is 9.90. The predicted octanol–water partition coefficient (Wildman–Crippen LogP) is 2.81. The fraction of sp³-hybridized carbons (Fsp3) is 0.682. The van der Waals surface area contributed by atoms with E-state index in [1.54, 1.807) is 0 Å². The molecule has 164 valence electrons. The molecule has 0 aromatic heterocycles. The van der Waals surface area contributed by atoms with Crippen LogP contribution >= 0.6 is 24.0 Å². The maximum atomic E-state index is 6.01. The molecule has 1 aromatic carbocycles. The van der Waals surface area contributed by atoms with Gasteiger partial charge < -0.3 is 15.8 Å². The molecule has 0 aliphatic carbocycles. The van der Waals surface area contributed by atoms with E-state index in [-0.39, 0.29) is 24.0 Å². The van der Waals surface area contributed by atoms with Gasteiger partial charge in [-0.25, -0.2) is 4.99 Å². The Kier molecular flexibility index (Phi) is 11.9. The van der Waals surface area contributed by atoms with Gasteiger partial charge in [0.2, 0.25) is 0 Å². The predicted molar refractivity (Wildman–Crippen MR) is 131 cm³/mol. The molecule has 2 aliphatic heterocycles. The third-order valence-corrected chi connectivity index (χ3v) is 5.62. The molecule has 2 saturated heterocycles. The van der Waals surface area contributed by atoms with Gasteiger partial charge in [-0.3, -0.25) is 9.80 Å². The van der Waals surface area contributed by atoms with Crippen LogP contribution in [0.1, 0.15) is 43.2 Å². The van der Waals surface area contributed by atoms with Crippen LogP contribution in [0.5, 0.6) is 0 Å². The van der Waals surface area contributed by atoms with Crippen LogP contribution in [0.2, 0.25) is 0 Å². The number of halogens is 1. The normalized spacial score (nSPS) is 19.4. The molecule has 2 fully saturated rings. The number of aliphatic imine (C=N–C) groups is 1. The average molecular weight is 515 g/mol. The summed E-state index contributed by atoms with van der Waals surface area (Å²) in [4.78, 5) is 9.49. The number of hydrogen-bond donors (Lipinski definition) is 2. The van der Waals surface area contributed by atoms with Gasteiger partial charge in [-0.05, 0) is 50.0 Å². The molecule has 0 saturated carbocycles. The van der Waals surface area contributed by atoms with Crippen molar-refractivity contribution in [1.82, 2.24) is 15.1 Å². The first-order valence-electron chi connectivity index (χ1n) is 10.9. The van der Waals surface area contributed by atoms with Crippen LogP contribution in [0.15, 0.2) is 29.3 Å². The van der Waals surface area contributed by atoms with Gasteiger partial charge in [0.25, 0.3) is 0 Å². The van der Waals surface area contributed by atoms with E-state index in [0.29, 0.717) is 12.5 Å². The highest BCUT2D eigenvalue weighted by molar-refractivity contribution is 14.0. The van der Waals surface area contributed by atoms with Crippen molar-refractivity contribution in [2.75, 3.05) is 52.5 Å². The van der Waals surface area contributed by atoms with Gasteiger partial charge in [-0.1, -0.05) is 37.1 Å².